The maximum atomic E-state index is 15.2. The molecule has 3 aliphatic rings. The first kappa shape index (κ1) is 33.4. The first-order chi connectivity index (χ1) is 19.5. The number of sulfone groups is 2. The lowest BCUT2D eigenvalue weighted by Crippen LogP contribution is -2.45. The van der Waals surface area contributed by atoms with Crippen LogP contribution in [0.25, 0.3) is 0 Å². The standard InChI is InChI=1S/C27H37F5O7S3/c28-26(29,30)40(33,34)18-41(35,36)27(31,32)42(37,38)39-25-23(20-12-6-2-7-13-20)16-22(19-10-4-1-5-11-19)17-24(25)21-14-8-3-9-15-21/h16-17,19-21H,1-15,18H2. The minimum Gasteiger partial charge on any atom is -0.377 e. The van der Waals surface area contributed by atoms with E-state index in [0.29, 0.717) is 36.8 Å². The Morgan fingerprint density at radius 1 is 0.595 bits per heavy atom. The van der Waals surface area contributed by atoms with Gasteiger partial charge in [-0.1, -0.05) is 69.9 Å². The molecule has 0 bridgehead atoms. The topological polar surface area (TPSA) is 112 Å². The van der Waals surface area contributed by atoms with Crippen LogP contribution in [-0.4, -0.2) is 40.4 Å². The van der Waals surface area contributed by atoms with Gasteiger partial charge in [0.2, 0.25) is 9.84 Å². The van der Waals surface area contributed by atoms with Gasteiger partial charge in [0.1, 0.15) is 5.75 Å². The summed E-state index contributed by atoms with van der Waals surface area (Å²) in [7, 11) is -19.9. The molecule has 0 aromatic heterocycles. The zero-order valence-corrected chi connectivity index (χ0v) is 25.6. The summed E-state index contributed by atoms with van der Waals surface area (Å²) < 4.78 is 141. The Bertz CT molecular complexity index is 1400. The van der Waals surface area contributed by atoms with Crippen LogP contribution >= 0.6 is 0 Å². The van der Waals surface area contributed by atoms with Crippen molar-refractivity contribution in [2.45, 2.75) is 124 Å². The average molecular weight is 665 g/mol. The van der Waals surface area contributed by atoms with E-state index < -0.39 is 45.0 Å². The quantitative estimate of drug-likeness (QED) is 0.200. The van der Waals surface area contributed by atoms with Crippen molar-refractivity contribution in [2.24, 2.45) is 0 Å². The minimum atomic E-state index is -6.73. The van der Waals surface area contributed by atoms with E-state index in [2.05, 4.69) is 0 Å². The smallest absolute Gasteiger partial charge is 0.377 e. The molecule has 4 rings (SSSR count). The molecule has 0 aliphatic heterocycles. The molecular formula is C27H37F5O7S3. The fourth-order valence-electron chi connectivity index (χ4n) is 6.55. The van der Waals surface area contributed by atoms with Crippen LogP contribution in [0.2, 0.25) is 0 Å². The molecule has 3 fully saturated rings. The highest BCUT2D eigenvalue weighted by Crippen LogP contribution is 2.49. The summed E-state index contributed by atoms with van der Waals surface area (Å²) in [5, 5.41) is -3.13. The molecule has 240 valence electrons. The molecule has 3 saturated carbocycles. The van der Waals surface area contributed by atoms with Gasteiger partial charge in [0.15, 0.2) is 5.08 Å². The highest BCUT2D eigenvalue weighted by Gasteiger charge is 2.63. The van der Waals surface area contributed by atoms with Gasteiger partial charge in [-0.25, -0.2) is 16.8 Å². The first-order valence-electron chi connectivity index (χ1n) is 14.5. The third-order valence-corrected chi connectivity index (χ3v) is 15.1. The summed E-state index contributed by atoms with van der Waals surface area (Å²) in [6.07, 6.45) is 12.6. The molecule has 0 saturated heterocycles. The van der Waals surface area contributed by atoms with E-state index in [1.165, 1.54) is 0 Å². The second kappa shape index (κ2) is 12.5. The number of hydrogen-bond acceptors (Lipinski definition) is 7. The maximum Gasteiger partial charge on any atom is 0.498 e. The molecule has 3 aliphatic carbocycles. The second-order valence-corrected chi connectivity index (χ2v) is 18.1. The Hall–Kier alpha value is -1.48. The maximum absolute atomic E-state index is 15.2. The lowest BCUT2D eigenvalue weighted by Gasteiger charge is -2.32. The summed E-state index contributed by atoms with van der Waals surface area (Å²) >= 11 is 0. The van der Waals surface area contributed by atoms with Gasteiger partial charge >= 0.3 is 20.2 Å². The second-order valence-electron chi connectivity index (χ2n) is 11.8. The van der Waals surface area contributed by atoms with E-state index in [1.807, 2.05) is 0 Å². The van der Waals surface area contributed by atoms with Crippen LogP contribution in [0.1, 0.15) is 131 Å². The van der Waals surface area contributed by atoms with Gasteiger partial charge in [-0.15, -0.1) is 0 Å². The fraction of sp³-hybridized carbons (Fsp3) is 0.778. The molecule has 0 atom stereocenters. The molecule has 1 aromatic rings. The number of halogens is 5. The van der Waals surface area contributed by atoms with Gasteiger partial charge in [0.25, 0.3) is 9.84 Å². The number of alkyl halides is 5. The zero-order chi connectivity index (χ0) is 31.0. The van der Waals surface area contributed by atoms with Gasteiger partial charge in [0.05, 0.1) is 0 Å². The van der Waals surface area contributed by atoms with Crippen LogP contribution in [0.5, 0.6) is 5.75 Å². The summed E-state index contributed by atoms with van der Waals surface area (Å²) in [6.45, 7) is 0. The van der Waals surface area contributed by atoms with Gasteiger partial charge in [0, 0.05) is 0 Å². The lowest BCUT2D eigenvalue weighted by atomic mass is 9.75. The molecule has 0 N–H and O–H groups in total. The van der Waals surface area contributed by atoms with Crippen LogP contribution < -0.4 is 4.18 Å². The van der Waals surface area contributed by atoms with E-state index in [0.717, 1.165) is 76.2 Å². The van der Waals surface area contributed by atoms with Gasteiger partial charge in [-0.05, 0) is 73.0 Å². The largest absolute Gasteiger partial charge is 0.498 e. The van der Waals surface area contributed by atoms with Crippen LogP contribution in [0, 0.1) is 0 Å². The minimum absolute atomic E-state index is 0.184. The van der Waals surface area contributed by atoms with Crippen molar-refractivity contribution < 1.29 is 51.4 Å². The molecule has 0 spiro atoms. The summed E-state index contributed by atoms with van der Waals surface area (Å²) in [6, 6.07) is 3.56. The SMILES string of the molecule is O=S(=O)(CS(=O)(=O)C(F)(F)S(=O)(=O)Oc1c(C2CCCCC2)cc(C2CCCCC2)cc1C1CCCCC1)C(F)(F)F. The highest BCUT2D eigenvalue weighted by atomic mass is 32.3. The Kier molecular flexibility index (Phi) is 9.94. The third kappa shape index (κ3) is 6.92. The molecule has 0 amide bonds. The van der Waals surface area contributed by atoms with E-state index in [9.17, 15) is 38.4 Å². The van der Waals surface area contributed by atoms with Crippen molar-refractivity contribution >= 4 is 29.8 Å². The number of hydrogen-bond donors (Lipinski definition) is 0. The molecule has 0 unspecified atom stereocenters. The van der Waals surface area contributed by atoms with Crippen LogP contribution in [0.15, 0.2) is 12.1 Å². The Morgan fingerprint density at radius 3 is 1.36 bits per heavy atom. The fourth-order valence-corrected chi connectivity index (χ4v) is 11.6. The molecule has 1 aromatic carbocycles. The Balaban J connectivity index is 1.83. The Morgan fingerprint density at radius 2 is 0.976 bits per heavy atom. The van der Waals surface area contributed by atoms with Gasteiger partial charge < -0.3 is 4.18 Å². The van der Waals surface area contributed by atoms with E-state index >= 15 is 8.78 Å². The van der Waals surface area contributed by atoms with Crippen LogP contribution in [-0.2, 0) is 29.8 Å². The van der Waals surface area contributed by atoms with Crippen molar-refractivity contribution in [3.63, 3.8) is 0 Å². The van der Waals surface area contributed by atoms with Crippen LogP contribution in [0.3, 0.4) is 0 Å². The predicted octanol–water partition coefficient (Wildman–Crippen LogP) is 7.40. The number of benzene rings is 1. The molecule has 0 heterocycles. The number of rotatable bonds is 9. The van der Waals surface area contributed by atoms with Gasteiger partial charge in [-0.3, -0.25) is 0 Å². The van der Waals surface area contributed by atoms with Crippen molar-refractivity contribution in [1.29, 1.82) is 0 Å². The van der Waals surface area contributed by atoms with E-state index in [4.69, 9.17) is 4.18 Å². The van der Waals surface area contributed by atoms with Crippen molar-refractivity contribution in [3.05, 3.63) is 28.8 Å². The lowest BCUT2D eigenvalue weighted by molar-refractivity contribution is -0.0431. The normalized spacial score (nSPS) is 21.4. The Labute approximate surface area is 244 Å². The predicted molar refractivity (Wildman–Crippen MR) is 147 cm³/mol. The summed E-state index contributed by atoms with van der Waals surface area (Å²) in [5.74, 6) is -0.693. The van der Waals surface area contributed by atoms with Crippen molar-refractivity contribution in [2.75, 3.05) is 5.08 Å². The molecule has 0 radical (unpaired) electrons. The van der Waals surface area contributed by atoms with Gasteiger partial charge in [-0.2, -0.15) is 30.4 Å². The monoisotopic (exact) mass is 664 g/mol. The van der Waals surface area contributed by atoms with Crippen molar-refractivity contribution in [1.82, 2.24) is 0 Å². The zero-order valence-electron chi connectivity index (χ0n) is 23.2. The summed E-state index contributed by atoms with van der Waals surface area (Å²) in [5.41, 5.74) is -4.45. The molecule has 7 nitrogen and oxygen atoms in total. The van der Waals surface area contributed by atoms with E-state index in [-0.39, 0.29) is 23.5 Å². The highest BCUT2D eigenvalue weighted by molar-refractivity contribution is 8.15. The summed E-state index contributed by atoms with van der Waals surface area (Å²) in [4.78, 5) is 0. The molecule has 42 heavy (non-hydrogen) atoms. The molecule has 15 heteroatoms. The third-order valence-electron chi connectivity index (χ3n) is 8.84. The molecular weight excluding hydrogens is 627 g/mol. The van der Waals surface area contributed by atoms with Crippen molar-refractivity contribution in [3.8, 4) is 5.75 Å². The first-order valence-corrected chi connectivity index (χ1v) is 19.2. The average Bonchev–Trinajstić information content (AvgIpc) is 2.93. The van der Waals surface area contributed by atoms with Crippen LogP contribution in [0.4, 0.5) is 22.0 Å². The van der Waals surface area contributed by atoms with E-state index in [1.54, 1.807) is 12.1 Å².